The zero-order valence-corrected chi connectivity index (χ0v) is 8.53. The first-order valence-corrected chi connectivity index (χ1v) is 4.76. The molecule has 78 valence electrons. The minimum atomic E-state index is -0.588. The van der Waals surface area contributed by atoms with Crippen LogP contribution in [0, 0.1) is 0 Å². The second kappa shape index (κ2) is 3.90. The highest BCUT2D eigenvalue weighted by Gasteiger charge is 2.30. The molecule has 0 N–H and O–H groups in total. The highest BCUT2D eigenvalue weighted by atomic mass is 35.5. The third-order valence-corrected chi connectivity index (χ3v) is 2.35. The summed E-state index contributed by atoms with van der Waals surface area (Å²) in [6.45, 7) is 0.0707. The number of rotatable bonds is 2. The molecule has 0 radical (unpaired) electrons. The minimum absolute atomic E-state index is 0.160. The molecule has 0 saturated carbocycles. The standard InChI is InChI=1S/C10H8ClNO3/c11-8-3-1-7(2-4-8)5-12-9(13)6-15-10(12)14/h1-4H,5-6H2. The van der Waals surface area contributed by atoms with Gasteiger partial charge in [0, 0.05) is 5.02 Å². The largest absolute Gasteiger partial charge is 0.439 e. The summed E-state index contributed by atoms with van der Waals surface area (Å²) in [4.78, 5) is 23.4. The van der Waals surface area contributed by atoms with Crippen LogP contribution in [0.5, 0.6) is 0 Å². The van der Waals surface area contributed by atoms with Crippen LogP contribution in [-0.2, 0) is 16.1 Å². The number of cyclic esters (lactones) is 1. The van der Waals surface area contributed by atoms with Crippen LogP contribution >= 0.6 is 11.6 Å². The Bertz CT molecular complexity index is 386. The van der Waals surface area contributed by atoms with Gasteiger partial charge in [0.25, 0.3) is 5.91 Å². The smallest absolute Gasteiger partial charge is 0.417 e. The quantitative estimate of drug-likeness (QED) is 0.771. The van der Waals surface area contributed by atoms with Gasteiger partial charge in [0.15, 0.2) is 6.61 Å². The Balaban J connectivity index is 2.11. The van der Waals surface area contributed by atoms with Gasteiger partial charge in [-0.15, -0.1) is 0 Å². The van der Waals surface area contributed by atoms with Crippen molar-refractivity contribution in [2.75, 3.05) is 6.61 Å². The summed E-state index contributed by atoms with van der Waals surface area (Å²) in [5, 5.41) is 0.620. The van der Waals surface area contributed by atoms with Crippen LogP contribution in [-0.4, -0.2) is 23.5 Å². The Labute approximate surface area is 91.4 Å². The van der Waals surface area contributed by atoms with E-state index < -0.39 is 6.09 Å². The van der Waals surface area contributed by atoms with Gasteiger partial charge in [0.1, 0.15) is 0 Å². The SMILES string of the molecule is O=C1COC(=O)N1Cc1ccc(Cl)cc1. The molecule has 0 aromatic heterocycles. The van der Waals surface area contributed by atoms with Crippen molar-refractivity contribution < 1.29 is 14.3 Å². The number of nitrogens with zero attached hydrogens (tertiary/aromatic N) is 1. The number of carbonyl (C=O) groups excluding carboxylic acids is 2. The van der Waals surface area contributed by atoms with Crippen LogP contribution in [0.4, 0.5) is 4.79 Å². The molecule has 2 rings (SSSR count). The summed E-state index contributed by atoms with van der Waals surface area (Å²) in [7, 11) is 0. The maximum Gasteiger partial charge on any atom is 0.417 e. The number of halogens is 1. The fraction of sp³-hybridized carbons (Fsp3) is 0.200. The third kappa shape index (κ3) is 2.10. The lowest BCUT2D eigenvalue weighted by Crippen LogP contribution is -2.28. The molecule has 1 aromatic rings. The van der Waals surface area contributed by atoms with E-state index in [4.69, 9.17) is 11.6 Å². The zero-order chi connectivity index (χ0) is 10.8. The fourth-order valence-electron chi connectivity index (χ4n) is 1.31. The number of carbonyl (C=O) groups is 2. The first-order valence-electron chi connectivity index (χ1n) is 4.38. The van der Waals surface area contributed by atoms with Gasteiger partial charge >= 0.3 is 6.09 Å². The fourth-order valence-corrected chi connectivity index (χ4v) is 1.43. The maximum absolute atomic E-state index is 11.2. The number of ether oxygens (including phenoxy) is 1. The van der Waals surface area contributed by atoms with E-state index in [1.807, 2.05) is 0 Å². The number of hydrogen-bond donors (Lipinski definition) is 0. The number of benzene rings is 1. The zero-order valence-electron chi connectivity index (χ0n) is 7.77. The van der Waals surface area contributed by atoms with E-state index in [1.54, 1.807) is 24.3 Å². The van der Waals surface area contributed by atoms with Crippen LogP contribution in [0.15, 0.2) is 24.3 Å². The van der Waals surface area contributed by atoms with E-state index >= 15 is 0 Å². The highest BCUT2D eigenvalue weighted by Crippen LogP contribution is 2.14. The topological polar surface area (TPSA) is 46.6 Å². The Morgan fingerprint density at radius 2 is 1.93 bits per heavy atom. The molecule has 0 bridgehead atoms. The van der Waals surface area contributed by atoms with E-state index in [1.165, 1.54) is 0 Å². The summed E-state index contributed by atoms with van der Waals surface area (Å²) in [6, 6.07) is 6.95. The highest BCUT2D eigenvalue weighted by molar-refractivity contribution is 6.30. The Morgan fingerprint density at radius 1 is 1.27 bits per heavy atom. The molecule has 0 aliphatic carbocycles. The summed E-state index contributed by atoms with van der Waals surface area (Å²) >= 11 is 5.71. The molecule has 1 aliphatic rings. The third-order valence-electron chi connectivity index (χ3n) is 2.09. The summed E-state index contributed by atoms with van der Waals surface area (Å²) in [6.07, 6.45) is -0.588. The normalized spacial score (nSPS) is 15.7. The Morgan fingerprint density at radius 3 is 2.47 bits per heavy atom. The summed E-state index contributed by atoms with van der Waals surface area (Å²) in [5.41, 5.74) is 0.839. The molecule has 5 heteroatoms. The van der Waals surface area contributed by atoms with Gasteiger partial charge in [-0.1, -0.05) is 23.7 Å². The van der Waals surface area contributed by atoms with Crippen molar-refractivity contribution in [3.05, 3.63) is 34.9 Å². The molecule has 1 heterocycles. The average molecular weight is 226 g/mol. The number of hydrogen-bond acceptors (Lipinski definition) is 3. The number of imide groups is 1. The van der Waals surface area contributed by atoms with Gasteiger partial charge < -0.3 is 4.74 Å². The van der Waals surface area contributed by atoms with Gasteiger partial charge in [-0.05, 0) is 17.7 Å². The van der Waals surface area contributed by atoms with Crippen LogP contribution in [0.3, 0.4) is 0 Å². The Kier molecular flexibility index (Phi) is 2.60. The average Bonchev–Trinajstić information content (AvgIpc) is 2.53. The summed E-state index contributed by atoms with van der Waals surface area (Å²) < 4.78 is 4.59. The first-order chi connectivity index (χ1) is 7.16. The van der Waals surface area contributed by atoms with Crippen LogP contribution in [0.25, 0.3) is 0 Å². The molecule has 15 heavy (non-hydrogen) atoms. The van der Waals surface area contributed by atoms with Crippen molar-refractivity contribution in [1.82, 2.24) is 4.90 Å². The molecule has 0 spiro atoms. The van der Waals surface area contributed by atoms with Gasteiger partial charge in [0.2, 0.25) is 0 Å². The number of amides is 2. The second-order valence-corrected chi connectivity index (χ2v) is 3.60. The predicted octanol–water partition coefficient (Wildman–Crippen LogP) is 1.82. The van der Waals surface area contributed by atoms with Gasteiger partial charge in [-0.25, -0.2) is 9.69 Å². The lowest BCUT2D eigenvalue weighted by molar-refractivity contribution is -0.126. The molecule has 0 unspecified atom stereocenters. The van der Waals surface area contributed by atoms with E-state index in [0.29, 0.717) is 5.02 Å². The van der Waals surface area contributed by atoms with E-state index in [9.17, 15) is 9.59 Å². The molecule has 2 amide bonds. The molecular formula is C10H8ClNO3. The maximum atomic E-state index is 11.2. The van der Waals surface area contributed by atoms with Crippen LogP contribution in [0.2, 0.25) is 5.02 Å². The van der Waals surface area contributed by atoms with Gasteiger partial charge in [-0.3, -0.25) is 4.79 Å². The van der Waals surface area contributed by atoms with Crippen LogP contribution in [0.1, 0.15) is 5.56 Å². The monoisotopic (exact) mass is 225 g/mol. The van der Waals surface area contributed by atoms with E-state index in [2.05, 4.69) is 4.74 Å². The van der Waals surface area contributed by atoms with Crippen LogP contribution < -0.4 is 0 Å². The second-order valence-electron chi connectivity index (χ2n) is 3.16. The lowest BCUT2D eigenvalue weighted by atomic mass is 10.2. The lowest BCUT2D eigenvalue weighted by Gasteiger charge is -2.10. The van der Waals surface area contributed by atoms with E-state index in [-0.39, 0.29) is 19.1 Å². The van der Waals surface area contributed by atoms with Crippen molar-refractivity contribution in [2.45, 2.75) is 6.54 Å². The minimum Gasteiger partial charge on any atom is -0.439 e. The molecule has 1 fully saturated rings. The van der Waals surface area contributed by atoms with Crippen molar-refractivity contribution in [2.24, 2.45) is 0 Å². The Hall–Kier alpha value is -1.55. The van der Waals surface area contributed by atoms with Crippen molar-refractivity contribution in [3.63, 3.8) is 0 Å². The first kappa shape index (κ1) is 9.98. The van der Waals surface area contributed by atoms with Crippen molar-refractivity contribution in [3.8, 4) is 0 Å². The molecule has 1 aliphatic heterocycles. The molecule has 1 aromatic carbocycles. The molecule has 1 saturated heterocycles. The van der Waals surface area contributed by atoms with E-state index in [0.717, 1.165) is 10.5 Å². The molecule has 4 nitrogen and oxygen atoms in total. The van der Waals surface area contributed by atoms with Gasteiger partial charge in [-0.2, -0.15) is 0 Å². The van der Waals surface area contributed by atoms with Gasteiger partial charge in [0.05, 0.1) is 6.54 Å². The molecular weight excluding hydrogens is 218 g/mol. The molecule has 0 atom stereocenters. The van der Waals surface area contributed by atoms with Crippen molar-refractivity contribution >= 4 is 23.6 Å². The predicted molar refractivity (Wildman–Crippen MR) is 53.4 cm³/mol. The summed E-state index contributed by atoms with van der Waals surface area (Å²) in [5.74, 6) is -0.310. The van der Waals surface area contributed by atoms with Crippen molar-refractivity contribution in [1.29, 1.82) is 0 Å².